The lowest BCUT2D eigenvalue weighted by atomic mass is 10.1. The van der Waals surface area contributed by atoms with Gasteiger partial charge in [-0.3, -0.25) is 4.79 Å². The number of rotatable bonds is 5. The fourth-order valence-electron chi connectivity index (χ4n) is 1.20. The number of hydrogen-bond donors (Lipinski definition) is 0. The highest BCUT2D eigenvalue weighted by molar-refractivity contribution is 6.32. The van der Waals surface area contributed by atoms with Gasteiger partial charge >= 0.3 is 0 Å². The molecule has 2 nitrogen and oxygen atoms in total. The number of benzene rings is 1. The minimum absolute atomic E-state index is 0.0562. The Bertz CT molecular complexity index is 413. The van der Waals surface area contributed by atoms with Crippen LogP contribution in [0, 0.1) is 0 Å². The molecule has 0 N–H and O–H groups in total. The number of ether oxygens (including phenoxy) is 1. The minimum atomic E-state index is -2.92. The molecule has 0 fully saturated rings. The van der Waals surface area contributed by atoms with Crippen LogP contribution < -0.4 is 4.74 Å². The number of halogens is 3. The molecule has 0 atom stereocenters. The monoisotopic (exact) mass is 262 g/mol. The highest BCUT2D eigenvalue weighted by Gasteiger charge is 2.22. The lowest BCUT2D eigenvalue weighted by Crippen LogP contribution is -2.21. The summed E-state index contributed by atoms with van der Waals surface area (Å²) in [6.45, 7) is 1.75. The summed E-state index contributed by atoms with van der Waals surface area (Å²) in [6, 6.07) is 4.37. The number of carbonyl (C=O) groups excluding carboxylic acids is 1. The first-order chi connectivity index (χ1) is 7.83. The first kappa shape index (κ1) is 13.9. The molecular formula is C12H13ClF2O2. The molecule has 0 bridgehead atoms. The highest BCUT2D eigenvalue weighted by atomic mass is 35.5. The van der Waals surface area contributed by atoms with E-state index in [1.807, 2.05) is 0 Å². The Morgan fingerprint density at radius 1 is 1.47 bits per heavy atom. The Balaban J connectivity index is 2.80. The van der Waals surface area contributed by atoms with Crippen molar-refractivity contribution in [1.29, 1.82) is 0 Å². The molecular weight excluding hydrogens is 250 g/mol. The van der Waals surface area contributed by atoms with E-state index in [1.165, 1.54) is 18.2 Å². The predicted octanol–water partition coefficient (Wildman–Crippen LogP) is 3.97. The summed E-state index contributed by atoms with van der Waals surface area (Å²) in [6.07, 6.45) is 0.365. The van der Waals surface area contributed by atoms with Crippen molar-refractivity contribution in [3.8, 4) is 5.75 Å². The van der Waals surface area contributed by atoms with Gasteiger partial charge in [-0.1, -0.05) is 18.5 Å². The van der Waals surface area contributed by atoms with Gasteiger partial charge < -0.3 is 4.74 Å². The van der Waals surface area contributed by atoms with Crippen molar-refractivity contribution in [2.24, 2.45) is 0 Å². The molecule has 5 heteroatoms. The van der Waals surface area contributed by atoms with Crippen LogP contribution in [0.2, 0.25) is 5.02 Å². The number of ketones is 1. The van der Waals surface area contributed by atoms with Crippen LogP contribution in [0.1, 0.15) is 30.6 Å². The smallest absolute Gasteiger partial charge is 0.278 e. The lowest BCUT2D eigenvalue weighted by molar-refractivity contribution is -0.0229. The summed E-state index contributed by atoms with van der Waals surface area (Å²) >= 11 is 5.84. The maximum absolute atomic E-state index is 12.6. The van der Waals surface area contributed by atoms with E-state index in [4.69, 9.17) is 16.3 Å². The van der Waals surface area contributed by atoms with E-state index in [9.17, 15) is 13.6 Å². The SMILES string of the molecule is CCC(=O)c1ccc(OCC(C)(F)F)c(Cl)c1. The zero-order valence-electron chi connectivity index (χ0n) is 9.60. The van der Waals surface area contributed by atoms with Crippen molar-refractivity contribution in [2.75, 3.05) is 6.61 Å². The van der Waals surface area contributed by atoms with Crippen molar-refractivity contribution in [3.63, 3.8) is 0 Å². The van der Waals surface area contributed by atoms with Crippen molar-refractivity contribution >= 4 is 17.4 Å². The molecule has 0 radical (unpaired) electrons. The third kappa shape index (κ3) is 4.30. The third-order valence-corrected chi connectivity index (χ3v) is 2.35. The van der Waals surface area contributed by atoms with Crippen LogP contribution in [-0.2, 0) is 0 Å². The molecule has 0 heterocycles. The summed E-state index contributed by atoms with van der Waals surface area (Å²) in [5.41, 5.74) is 0.452. The average molecular weight is 263 g/mol. The maximum atomic E-state index is 12.6. The first-order valence-electron chi connectivity index (χ1n) is 5.17. The van der Waals surface area contributed by atoms with Crippen LogP contribution >= 0.6 is 11.6 Å². The molecule has 1 aromatic carbocycles. The Morgan fingerprint density at radius 3 is 2.59 bits per heavy atom. The van der Waals surface area contributed by atoms with Gasteiger partial charge in [-0.2, -0.15) is 0 Å². The van der Waals surface area contributed by atoms with Crippen molar-refractivity contribution in [1.82, 2.24) is 0 Å². The van der Waals surface area contributed by atoms with Crippen LogP contribution in [0.25, 0.3) is 0 Å². The molecule has 0 aliphatic rings. The van der Waals surface area contributed by atoms with E-state index in [-0.39, 0.29) is 16.6 Å². The molecule has 0 unspecified atom stereocenters. The molecule has 17 heavy (non-hydrogen) atoms. The maximum Gasteiger partial charge on any atom is 0.278 e. The van der Waals surface area contributed by atoms with Gasteiger partial charge in [0.05, 0.1) is 5.02 Å². The molecule has 0 saturated heterocycles. The lowest BCUT2D eigenvalue weighted by Gasteiger charge is -2.13. The van der Waals surface area contributed by atoms with Gasteiger partial charge in [0.25, 0.3) is 5.92 Å². The summed E-state index contributed by atoms with van der Waals surface area (Å²) in [5, 5.41) is 0.161. The molecule has 0 spiro atoms. The molecule has 1 aromatic rings. The Kier molecular flexibility index (Phi) is 4.46. The minimum Gasteiger partial charge on any atom is -0.486 e. The summed E-state index contributed by atoms with van der Waals surface area (Å²) in [4.78, 5) is 11.4. The van der Waals surface area contributed by atoms with E-state index in [2.05, 4.69) is 0 Å². The number of hydrogen-bond acceptors (Lipinski definition) is 2. The first-order valence-corrected chi connectivity index (χ1v) is 5.54. The van der Waals surface area contributed by atoms with E-state index in [0.717, 1.165) is 6.92 Å². The molecule has 0 aromatic heterocycles. The average Bonchev–Trinajstić information content (AvgIpc) is 2.25. The van der Waals surface area contributed by atoms with Crippen molar-refractivity contribution in [2.45, 2.75) is 26.2 Å². The topological polar surface area (TPSA) is 26.3 Å². The fourth-order valence-corrected chi connectivity index (χ4v) is 1.44. The largest absolute Gasteiger partial charge is 0.486 e. The molecule has 0 amide bonds. The van der Waals surface area contributed by atoms with Crippen LogP contribution in [0.3, 0.4) is 0 Å². The molecule has 1 rings (SSSR count). The standard InChI is InChI=1S/C12H13ClF2O2/c1-3-10(16)8-4-5-11(9(13)6-8)17-7-12(2,14)15/h4-6H,3,7H2,1-2H3. The second-order valence-electron chi connectivity index (χ2n) is 3.78. The number of carbonyl (C=O) groups is 1. The summed E-state index contributed by atoms with van der Waals surface area (Å²) < 4.78 is 30.0. The van der Waals surface area contributed by atoms with Gasteiger partial charge in [0.2, 0.25) is 0 Å². The zero-order chi connectivity index (χ0) is 13.1. The fraction of sp³-hybridized carbons (Fsp3) is 0.417. The predicted molar refractivity (Wildman–Crippen MR) is 62.2 cm³/mol. The number of Topliss-reactive ketones (excluding diaryl/α,β-unsaturated/α-hetero) is 1. The van der Waals surface area contributed by atoms with Crippen LogP contribution in [-0.4, -0.2) is 18.3 Å². The van der Waals surface area contributed by atoms with Gasteiger partial charge in [-0.25, -0.2) is 8.78 Å². The van der Waals surface area contributed by atoms with Crippen molar-refractivity contribution in [3.05, 3.63) is 28.8 Å². The molecule has 0 saturated carbocycles. The van der Waals surface area contributed by atoms with Gasteiger partial charge in [-0.15, -0.1) is 0 Å². The van der Waals surface area contributed by atoms with Crippen LogP contribution in [0.5, 0.6) is 5.75 Å². The Hall–Kier alpha value is -1.16. The summed E-state index contributed by atoms with van der Waals surface area (Å²) in [5.74, 6) is -2.82. The molecule has 94 valence electrons. The van der Waals surface area contributed by atoms with Gasteiger partial charge in [0.15, 0.2) is 12.4 Å². The molecule has 0 aliphatic carbocycles. The quantitative estimate of drug-likeness (QED) is 0.751. The summed E-state index contributed by atoms with van der Waals surface area (Å²) in [7, 11) is 0. The van der Waals surface area contributed by atoms with E-state index in [0.29, 0.717) is 12.0 Å². The third-order valence-electron chi connectivity index (χ3n) is 2.06. The normalized spacial score (nSPS) is 11.4. The second kappa shape index (κ2) is 5.45. The van der Waals surface area contributed by atoms with Gasteiger partial charge in [0.1, 0.15) is 5.75 Å². The van der Waals surface area contributed by atoms with E-state index >= 15 is 0 Å². The van der Waals surface area contributed by atoms with Crippen LogP contribution in [0.15, 0.2) is 18.2 Å². The van der Waals surface area contributed by atoms with E-state index < -0.39 is 12.5 Å². The van der Waals surface area contributed by atoms with Gasteiger partial charge in [0, 0.05) is 18.9 Å². The van der Waals surface area contributed by atoms with Gasteiger partial charge in [-0.05, 0) is 18.2 Å². The highest BCUT2D eigenvalue weighted by Crippen LogP contribution is 2.27. The van der Waals surface area contributed by atoms with Crippen LogP contribution in [0.4, 0.5) is 8.78 Å². The second-order valence-corrected chi connectivity index (χ2v) is 4.19. The Morgan fingerprint density at radius 2 is 2.12 bits per heavy atom. The zero-order valence-corrected chi connectivity index (χ0v) is 10.4. The molecule has 0 aliphatic heterocycles. The van der Waals surface area contributed by atoms with Crippen molar-refractivity contribution < 1.29 is 18.3 Å². The Labute approximate surface area is 104 Å². The van der Waals surface area contributed by atoms with E-state index in [1.54, 1.807) is 6.92 Å². The number of alkyl halides is 2.